The van der Waals surface area contributed by atoms with E-state index in [1.165, 1.54) is 25.7 Å². The second kappa shape index (κ2) is 3.36. The van der Waals surface area contributed by atoms with Gasteiger partial charge in [-0.05, 0) is 49.4 Å². The maximum Gasteiger partial charge on any atom is 0.130 e. The molecule has 1 nitrogen and oxygen atoms in total. The fourth-order valence-electron chi connectivity index (χ4n) is 3.97. The standard InChI is InChI=1S/C13H22O/c1-9(14)8-13(2,3)12-7-10-4-5-11(12)6-10/h10-12H,4-8H2,1-3H3. The van der Waals surface area contributed by atoms with Gasteiger partial charge in [0.2, 0.25) is 0 Å². The molecule has 2 rings (SSSR count). The maximum absolute atomic E-state index is 11.2. The number of carbonyl (C=O) groups is 1. The highest BCUT2D eigenvalue weighted by atomic mass is 16.1. The Labute approximate surface area is 87.3 Å². The molecule has 0 aromatic heterocycles. The predicted molar refractivity (Wildman–Crippen MR) is 58.0 cm³/mol. The Bertz CT molecular complexity index is 242. The van der Waals surface area contributed by atoms with Crippen molar-refractivity contribution >= 4 is 5.78 Å². The van der Waals surface area contributed by atoms with Crippen LogP contribution in [-0.4, -0.2) is 5.78 Å². The lowest BCUT2D eigenvalue weighted by Gasteiger charge is -2.36. The summed E-state index contributed by atoms with van der Waals surface area (Å²) in [5.74, 6) is 3.12. The van der Waals surface area contributed by atoms with Gasteiger partial charge in [-0.15, -0.1) is 0 Å². The van der Waals surface area contributed by atoms with Crippen LogP contribution in [-0.2, 0) is 4.79 Å². The molecule has 1 heteroatoms. The molecule has 0 spiro atoms. The number of hydrogen-bond donors (Lipinski definition) is 0. The van der Waals surface area contributed by atoms with Crippen LogP contribution in [0.3, 0.4) is 0 Å². The minimum absolute atomic E-state index is 0.256. The Balaban J connectivity index is 2.03. The normalized spacial score (nSPS) is 36.4. The van der Waals surface area contributed by atoms with E-state index in [2.05, 4.69) is 13.8 Å². The molecule has 0 saturated heterocycles. The van der Waals surface area contributed by atoms with Crippen LogP contribution in [0.1, 0.15) is 52.9 Å². The lowest BCUT2D eigenvalue weighted by Crippen LogP contribution is -2.30. The Morgan fingerprint density at radius 1 is 1.29 bits per heavy atom. The van der Waals surface area contributed by atoms with E-state index in [-0.39, 0.29) is 5.41 Å². The van der Waals surface area contributed by atoms with Crippen LogP contribution in [0, 0.1) is 23.2 Å². The lowest BCUT2D eigenvalue weighted by molar-refractivity contribution is -0.119. The van der Waals surface area contributed by atoms with Crippen LogP contribution in [0.4, 0.5) is 0 Å². The second-order valence-corrected chi connectivity index (χ2v) is 6.15. The van der Waals surface area contributed by atoms with Gasteiger partial charge in [0.1, 0.15) is 5.78 Å². The molecule has 2 bridgehead atoms. The molecule has 3 unspecified atom stereocenters. The highest BCUT2D eigenvalue weighted by molar-refractivity contribution is 5.76. The number of Topliss-reactive ketones (excluding diaryl/α,β-unsaturated/α-hetero) is 1. The lowest BCUT2D eigenvalue weighted by atomic mass is 9.68. The van der Waals surface area contributed by atoms with E-state index in [1.54, 1.807) is 6.92 Å². The molecule has 0 N–H and O–H groups in total. The molecule has 80 valence electrons. The summed E-state index contributed by atoms with van der Waals surface area (Å²) in [7, 11) is 0. The first-order valence-electron chi connectivity index (χ1n) is 5.98. The van der Waals surface area contributed by atoms with E-state index >= 15 is 0 Å². The van der Waals surface area contributed by atoms with Crippen molar-refractivity contribution in [1.29, 1.82) is 0 Å². The Hall–Kier alpha value is -0.330. The van der Waals surface area contributed by atoms with Crippen LogP contribution < -0.4 is 0 Å². The molecule has 2 fully saturated rings. The summed E-state index contributed by atoms with van der Waals surface area (Å²) in [5, 5.41) is 0. The molecule has 3 atom stereocenters. The van der Waals surface area contributed by atoms with E-state index < -0.39 is 0 Å². The molecule has 2 saturated carbocycles. The number of hydrogen-bond acceptors (Lipinski definition) is 1. The number of carbonyl (C=O) groups excluding carboxylic acids is 1. The third-order valence-corrected chi connectivity index (χ3v) is 4.45. The smallest absolute Gasteiger partial charge is 0.130 e. The molecule has 0 aromatic carbocycles. The first-order chi connectivity index (χ1) is 6.49. The van der Waals surface area contributed by atoms with Gasteiger partial charge in [-0.2, -0.15) is 0 Å². The van der Waals surface area contributed by atoms with Crippen molar-refractivity contribution in [3.05, 3.63) is 0 Å². The van der Waals surface area contributed by atoms with Crippen molar-refractivity contribution in [3.63, 3.8) is 0 Å². The fraction of sp³-hybridized carbons (Fsp3) is 0.923. The van der Waals surface area contributed by atoms with Gasteiger partial charge in [0.15, 0.2) is 0 Å². The largest absolute Gasteiger partial charge is 0.300 e. The molecular weight excluding hydrogens is 172 g/mol. The van der Waals surface area contributed by atoms with Crippen LogP contribution in [0.15, 0.2) is 0 Å². The number of fused-ring (bicyclic) bond motifs is 2. The molecule has 14 heavy (non-hydrogen) atoms. The molecule has 0 radical (unpaired) electrons. The SMILES string of the molecule is CC(=O)CC(C)(C)C1CC2CCC1C2. The quantitative estimate of drug-likeness (QED) is 0.672. The molecule has 0 amide bonds. The zero-order valence-corrected chi connectivity index (χ0v) is 9.68. The van der Waals surface area contributed by atoms with Gasteiger partial charge in [-0.1, -0.05) is 20.3 Å². The highest BCUT2D eigenvalue weighted by Crippen LogP contribution is 2.55. The molecule has 0 aliphatic heterocycles. The summed E-state index contributed by atoms with van der Waals surface area (Å²) in [6.45, 7) is 6.31. The highest BCUT2D eigenvalue weighted by Gasteiger charge is 2.46. The number of rotatable bonds is 3. The summed E-state index contributed by atoms with van der Waals surface area (Å²) in [5.41, 5.74) is 0.256. The van der Waals surface area contributed by atoms with Crippen LogP contribution in [0.5, 0.6) is 0 Å². The minimum atomic E-state index is 0.256. The molecular formula is C13H22O. The monoisotopic (exact) mass is 194 g/mol. The van der Waals surface area contributed by atoms with E-state index in [1.807, 2.05) is 0 Å². The summed E-state index contributed by atoms with van der Waals surface area (Å²) < 4.78 is 0. The van der Waals surface area contributed by atoms with Gasteiger partial charge in [-0.25, -0.2) is 0 Å². The van der Waals surface area contributed by atoms with Gasteiger partial charge < -0.3 is 4.79 Å². The summed E-state index contributed by atoms with van der Waals surface area (Å²) in [6, 6.07) is 0. The average molecular weight is 194 g/mol. The summed E-state index contributed by atoms with van der Waals surface area (Å²) >= 11 is 0. The second-order valence-electron chi connectivity index (χ2n) is 6.15. The summed E-state index contributed by atoms with van der Waals surface area (Å²) in [6.07, 6.45) is 6.51. The molecule has 0 heterocycles. The van der Waals surface area contributed by atoms with Gasteiger partial charge in [0.05, 0.1) is 0 Å². The van der Waals surface area contributed by atoms with Crippen molar-refractivity contribution < 1.29 is 4.79 Å². The van der Waals surface area contributed by atoms with E-state index in [4.69, 9.17) is 0 Å². The van der Waals surface area contributed by atoms with E-state index in [0.717, 1.165) is 24.2 Å². The van der Waals surface area contributed by atoms with Crippen molar-refractivity contribution in [2.75, 3.05) is 0 Å². The first-order valence-corrected chi connectivity index (χ1v) is 5.98. The Morgan fingerprint density at radius 3 is 2.43 bits per heavy atom. The first kappa shape index (κ1) is 10.2. The molecule has 0 aromatic rings. The third kappa shape index (κ3) is 1.74. The van der Waals surface area contributed by atoms with Crippen molar-refractivity contribution in [3.8, 4) is 0 Å². The maximum atomic E-state index is 11.2. The molecule has 2 aliphatic carbocycles. The predicted octanol–water partition coefficient (Wildman–Crippen LogP) is 3.43. The van der Waals surface area contributed by atoms with Crippen molar-refractivity contribution in [1.82, 2.24) is 0 Å². The van der Waals surface area contributed by atoms with Gasteiger partial charge in [0.25, 0.3) is 0 Å². The van der Waals surface area contributed by atoms with Crippen LogP contribution >= 0.6 is 0 Å². The van der Waals surface area contributed by atoms with Crippen molar-refractivity contribution in [2.45, 2.75) is 52.9 Å². The van der Waals surface area contributed by atoms with Crippen LogP contribution in [0.2, 0.25) is 0 Å². The van der Waals surface area contributed by atoms with Gasteiger partial charge in [-0.3, -0.25) is 0 Å². The average Bonchev–Trinajstić information content (AvgIpc) is 2.60. The third-order valence-electron chi connectivity index (χ3n) is 4.45. The van der Waals surface area contributed by atoms with Gasteiger partial charge in [0, 0.05) is 6.42 Å². The molecule has 2 aliphatic rings. The van der Waals surface area contributed by atoms with Crippen molar-refractivity contribution in [2.24, 2.45) is 23.2 Å². The van der Waals surface area contributed by atoms with E-state index in [0.29, 0.717) is 5.78 Å². The topological polar surface area (TPSA) is 17.1 Å². The zero-order valence-electron chi connectivity index (χ0n) is 9.68. The Morgan fingerprint density at radius 2 is 2.00 bits per heavy atom. The fourth-order valence-corrected chi connectivity index (χ4v) is 3.97. The van der Waals surface area contributed by atoms with Gasteiger partial charge >= 0.3 is 0 Å². The van der Waals surface area contributed by atoms with E-state index in [9.17, 15) is 4.79 Å². The van der Waals surface area contributed by atoms with Crippen LogP contribution in [0.25, 0.3) is 0 Å². The number of ketones is 1. The Kier molecular flexibility index (Phi) is 2.45. The minimum Gasteiger partial charge on any atom is -0.300 e. The zero-order chi connectivity index (χ0) is 10.3. The summed E-state index contributed by atoms with van der Waals surface area (Å²) in [4.78, 5) is 11.2.